The highest BCUT2D eigenvalue weighted by Gasteiger charge is 2.37. The van der Waals surface area contributed by atoms with E-state index in [1.54, 1.807) is 7.11 Å². The van der Waals surface area contributed by atoms with Gasteiger partial charge in [-0.3, -0.25) is 4.79 Å². The van der Waals surface area contributed by atoms with Crippen LogP contribution in [0.15, 0.2) is 0 Å². The molecule has 106 valence electrons. The van der Waals surface area contributed by atoms with Gasteiger partial charge in [0.2, 0.25) is 0 Å². The van der Waals surface area contributed by atoms with Crippen LogP contribution in [0.25, 0.3) is 0 Å². The molecule has 0 bridgehead atoms. The van der Waals surface area contributed by atoms with Crippen molar-refractivity contribution in [2.75, 3.05) is 20.2 Å². The molecule has 18 heavy (non-hydrogen) atoms. The third kappa shape index (κ3) is 3.16. The van der Waals surface area contributed by atoms with Gasteiger partial charge in [-0.2, -0.15) is 0 Å². The van der Waals surface area contributed by atoms with Crippen molar-refractivity contribution in [1.29, 1.82) is 0 Å². The maximum atomic E-state index is 12.3. The molecule has 2 aliphatic rings. The van der Waals surface area contributed by atoms with Gasteiger partial charge in [0.05, 0.1) is 0 Å². The minimum Gasteiger partial charge on any atom is -0.370 e. The van der Waals surface area contributed by atoms with Crippen LogP contribution in [0.4, 0.5) is 0 Å². The summed E-state index contributed by atoms with van der Waals surface area (Å²) in [5, 5.41) is 0. The largest absolute Gasteiger partial charge is 0.370 e. The highest BCUT2D eigenvalue weighted by atomic mass is 35.5. The minimum absolute atomic E-state index is 0. The third-order valence-corrected chi connectivity index (χ3v) is 4.30. The molecule has 0 aromatic rings. The van der Waals surface area contributed by atoms with E-state index in [-0.39, 0.29) is 24.9 Å². The van der Waals surface area contributed by atoms with Crippen molar-refractivity contribution < 1.29 is 9.53 Å². The van der Waals surface area contributed by atoms with Crippen LogP contribution in [0, 0.1) is 5.92 Å². The molecule has 2 fully saturated rings. The zero-order chi connectivity index (χ0) is 12.3. The number of likely N-dealkylation sites (tertiary alicyclic amines) is 1. The Hall–Kier alpha value is -0.320. The molecule has 0 radical (unpaired) electrons. The summed E-state index contributed by atoms with van der Waals surface area (Å²) < 4.78 is 5.18. The summed E-state index contributed by atoms with van der Waals surface area (Å²) in [5.74, 6) is 0.823. The number of ether oxygens (including phenoxy) is 1. The number of nitrogens with zero attached hydrogens (tertiary/aromatic N) is 1. The van der Waals surface area contributed by atoms with E-state index in [1.807, 2.05) is 4.90 Å². The zero-order valence-corrected chi connectivity index (χ0v) is 12.0. The van der Waals surface area contributed by atoms with E-state index in [0.717, 1.165) is 25.3 Å². The number of carbonyl (C=O) groups excluding carboxylic acids is 1. The van der Waals surface area contributed by atoms with Crippen molar-refractivity contribution in [2.24, 2.45) is 11.7 Å². The number of methoxy groups -OCH3 is 1. The maximum Gasteiger partial charge on any atom is 0.253 e. The summed E-state index contributed by atoms with van der Waals surface area (Å²) >= 11 is 0. The van der Waals surface area contributed by atoms with Crippen LogP contribution in [-0.4, -0.2) is 43.2 Å². The molecular formula is C13H25ClN2O2. The number of hydrogen-bond donors (Lipinski definition) is 1. The van der Waals surface area contributed by atoms with Gasteiger partial charge in [-0.15, -0.1) is 12.4 Å². The third-order valence-electron chi connectivity index (χ3n) is 4.30. The smallest absolute Gasteiger partial charge is 0.253 e. The Labute approximate surface area is 116 Å². The molecule has 5 heteroatoms. The Morgan fingerprint density at radius 3 is 2.67 bits per heavy atom. The molecule has 1 aliphatic carbocycles. The van der Waals surface area contributed by atoms with E-state index >= 15 is 0 Å². The van der Waals surface area contributed by atoms with E-state index in [2.05, 4.69) is 0 Å². The van der Waals surface area contributed by atoms with Gasteiger partial charge < -0.3 is 15.4 Å². The van der Waals surface area contributed by atoms with E-state index < -0.39 is 6.10 Å². The molecule has 1 heterocycles. The fourth-order valence-corrected chi connectivity index (χ4v) is 3.38. The summed E-state index contributed by atoms with van der Waals surface area (Å²) in [5.41, 5.74) is 5.59. The summed E-state index contributed by atoms with van der Waals surface area (Å²) in [6.45, 7) is 1.17. The number of carbonyl (C=O) groups is 1. The highest BCUT2D eigenvalue weighted by Crippen LogP contribution is 2.35. The average Bonchev–Trinajstić information content (AvgIpc) is 2.39. The predicted molar refractivity (Wildman–Crippen MR) is 73.8 cm³/mol. The van der Waals surface area contributed by atoms with E-state index in [9.17, 15) is 4.79 Å². The first-order valence-electron chi connectivity index (χ1n) is 6.81. The SMILES string of the molecule is COC(CN)C(=O)N1CCCC2CCCCC21.Cl. The van der Waals surface area contributed by atoms with Crippen molar-refractivity contribution >= 4 is 18.3 Å². The van der Waals surface area contributed by atoms with Gasteiger partial charge in [0, 0.05) is 26.2 Å². The molecule has 1 amide bonds. The van der Waals surface area contributed by atoms with Crippen molar-refractivity contribution in [2.45, 2.75) is 50.7 Å². The fourth-order valence-electron chi connectivity index (χ4n) is 3.38. The highest BCUT2D eigenvalue weighted by molar-refractivity contribution is 5.85. The number of hydrogen-bond acceptors (Lipinski definition) is 3. The number of nitrogens with two attached hydrogens (primary N) is 1. The Balaban J connectivity index is 0.00000162. The van der Waals surface area contributed by atoms with E-state index in [0.29, 0.717) is 6.04 Å². The Bertz CT molecular complexity index is 270. The van der Waals surface area contributed by atoms with Crippen molar-refractivity contribution in [3.05, 3.63) is 0 Å². The Morgan fingerprint density at radius 2 is 2.00 bits per heavy atom. The fraction of sp³-hybridized carbons (Fsp3) is 0.923. The first kappa shape index (κ1) is 15.7. The second kappa shape index (κ2) is 7.31. The molecular weight excluding hydrogens is 252 g/mol. The Morgan fingerprint density at radius 1 is 1.33 bits per heavy atom. The lowest BCUT2D eigenvalue weighted by molar-refractivity contribution is -0.147. The van der Waals surface area contributed by atoms with Crippen LogP contribution in [0.1, 0.15) is 38.5 Å². The van der Waals surface area contributed by atoms with Gasteiger partial charge in [0.15, 0.2) is 0 Å². The molecule has 0 spiro atoms. The standard InChI is InChI=1S/C13H24N2O2.ClH/c1-17-12(9-14)13(16)15-8-4-6-10-5-2-3-7-11(10)15;/h10-12H,2-9,14H2,1H3;1H. The van der Waals surface area contributed by atoms with Gasteiger partial charge in [0.1, 0.15) is 6.10 Å². The lowest BCUT2D eigenvalue weighted by atomic mass is 9.78. The average molecular weight is 277 g/mol. The molecule has 3 atom stereocenters. The Kier molecular flexibility index (Phi) is 6.39. The second-order valence-corrected chi connectivity index (χ2v) is 5.25. The molecule has 3 unspecified atom stereocenters. The van der Waals surface area contributed by atoms with Crippen molar-refractivity contribution in [3.8, 4) is 0 Å². The summed E-state index contributed by atoms with van der Waals surface area (Å²) in [6.07, 6.45) is 7.00. The van der Waals surface area contributed by atoms with Crippen LogP contribution in [0.2, 0.25) is 0 Å². The lowest BCUT2D eigenvalue weighted by Gasteiger charge is -2.45. The topological polar surface area (TPSA) is 55.6 Å². The first-order valence-corrected chi connectivity index (χ1v) is 6.81. The van der Waals surface area contributed by atoms with Crippen LogP contribution in [0.3, 0.4) is 0 Å². The quantitative estimate of drug-likeness (QED) is 0.851. The van der Waals surface area contributed by atoms with Gasteiger partial charge in [0.25, 0.3) is 5.91 Å². The summed E-state index contributed by atoms with van der Waals surface area (Å²) in [6, 6.07) is 0.453. The monoisotopic (exact) mass is 276 g/mol. The summed E-state index contributed by atoms with van der Waals surface area (Å²) in [7, 11) is 1.57. The maximum absolute atomic E-state index is 12.3. The van der Waals surface area contributed by atoms with Crippen LogP contribution in [-0.2, 0) is 9.53 Å². The molecule has 1 aliphatic heterocycles. The van der Waals surface area contributed by atoms with Gasteiger partial charge in [-0.05, 0) is 31.6 Å². The van der Waals surface area contributed by atoms with Crippen molar-refractivity contribution in [3.63, 3.8) is 0 Å². The second-order valence-electron chi connectivity index (χ2n) is 5.25. The van der Waals surface area contributed by atoms with Crippen LogP contribution in [0.5, 0.6) is 0 Å². The van der Waals surface area contributed by atoms with Crippen molar-refractivity contribution in [1.82, 2.24) is 4.90 Å². The molecule has 1 saturated heterocycles. The molecule has 1 saturated carbocycles. The van der Waals surface area contributed by atoms with E-state index in [4.69, 9.17) is 10.5 Å². The van der Waals surface area contributed by atoms with Gasteiger partial charge >= 0.3 is 0 Å². The predicted octanol–water partition coefficient (Wildman–Crippen LogP) is 1.56. The normalized spacial score (nSPS) is 29.1. The molecule has 0 aromatic carbocycles. The zero-order valence-electron chi connectivity index (χ0n) is 11.1. The number of piperidine rings is 1. The van der Waals surface area contributed by atoms with Crippen LogP contribution >= 0.6 is 12.4 Å². The number of halogens is 1. The number of fused-ring (bicyclic) bond motifs is 1. The van der Waals surface area contributed by atoms with Crippen LogP contribution < -0.4 is 5.73 Å². The lowest BCUT2D eigenvalue weighted by Crippen LogP contribution is -2.54. The summed E-state index contributed by atoms with van der Waals surface area (Å²) in [4.78, 5) is 14.4. The molecule has 2 rings (SSSR count). The van der Waals surface area contributed by atoms with E-state index in [1.165, 1.54) is 25.7 Å². The number of amides is 1. The molecule has 2 N–H and O–H groups in total. The van der Waals surface area contributed by atoms with Gasteiger partial charge in [-0.25, -0.2) is 0 Å². The first-order chi connectivity index (χ1) is 8.27. The molecule has 4 nitrogen and oxygen atoms in total. The molecule has 0 aromatic heterocycles. The van der Waals surface area contributed by atoms with Gasteiger partial charge in [-0.1, -0.05) is 12.8 Å². The minimum atomic E-state index is -0.448. The number of rotatable bonds is 3.